The molecule has 2 amide bonds. The van der Waals surface area contributed by atoms with E-state index in [9.17, 15) is 31.5 Å². The van der Waals surface area contributed by atoms with Crippen LogP contribution in [0, 0.1) is 28.9 Å². The van der Waals surface area contributed by atoms with Crippen LogP contribution in [-0.4, -0.2) is 49.2 Å². The first-order valence-corrected chi connectivity index (χ1v) is 8.02. The molecule has 0 spiro atoms. The first-order chi connectivity index (χ1) is 13.0. The van der Waals surface area contributed by atoms with E-state index in [-0.39, 0.29) is 6.54 Å². The number of carbonyl (C=O) groups excluding carboxylic acids is 2. The summed E-state index contributed by atoms with van der Waals surface area (Å²) in [5.74, 6) is -7.09. The highest BCUT2D eigenvalue weighted by molar-refractivity contribution is 6.13. The Kier molecular flexibility index (Phi) is 6.05. The standard InChI is InChI=1S/C17H17F5N4O2/c1-24-12(17(20,21)22)6-10(23)8-7-26(2)16(28)13(8)15(27)25-11-5-3-4-9(18)14(11)19/h3-6,8,13,23-24H,7H2,1-2H3,(H,25,27)/b12-6-,23-10?/t8-,13+/m1/s1. The zero-order chi connectivity index (χ0) is 21.2. The molecule has 3 N–H and O–H groups in total. The van der Waals surface area contributed by atoms with E-state index in [1.54, 1.807) is 0 Å². The van der Waals surface area contributed by atoms with Crippen LogP contribution in [0.4, 0.5) is 27.6 Å². The van der Waals surface area contributed by atoms with E-state index in [1.165, 1.54) is 7.05 Å². The van der Waals surface area contributed by atoms with Crippen molar-refractivity contribution < 1.29 is 31.5 Å². The highest BCUT2D eigenvalue weighted by Crippen LogP contribution is 2.30. The van der Waals surface area contributed by atoms with Crippen molar-refractivity contribution in [2.24, 2.45) is 11.8 Å². The van der Waals surface area contributed by atoms with Crippen LogP contribution in [-0.2, 0) is 9.59 Å². The van der Waals surface area contributed by atoms with Gasteiger partial charge >= 0.3 is 6.18 Å². The average molecular weight is 404 g/mol. The molecule has 2 rings (SSSR count). The number of benzene rings is 1. The van der Waals surface area contributed by atoms with Crippen molar-refractivity contribution in [1.82, 2.24) is 10.2 Å². The highest BCUT2D eigenvalue weighted by atomic mass is 19.4. The Hall–Kier alpha value is -2.98. The van der Waals surface area contributed by atoms with E-state index >= 15 is 0 Å². The second-order valence-electron chi connectivity index (χ2n) is 6.15. The van der Waals surface area contributed by atoms with Crippen LogP contribution < -0.4 is 10.6 Å². The second-order valence-corrected chi connectivity index (χ2v) is 6.15. The number of halogens is 5. The Morgan fingerprint density at radius 3 is 2.54 bits per heavy atom. The molecule has 1 fully saturated rings. The number of hydrogen-bond acceptors (Lipinski definition) is 4. The summed E-state index contributed by atoms with van der Waals surface area (Å²) in [5, 5.41) is 11.9. The number of alkyl halides is 3. The molecule has 11 heteroatoms. The topological polar surface area (TPSA) is 85.3 Å². The monoisotopic (exact) mass is 404 g/mol. The summed E-state index contributed by atoms with van der Waals surface area (Å²) >= 11 is 0. The van der Waals surface area contributed by atoms with Crippen LogP contribution in [0.25, 0.3) is 0 Å². The van der Waals surface area contributed by atoms with Crippen molar-refractivity contribution in [1.29, 1.82) is 5.41 Å². The number of likely N-dealkylation sites (tertiary alicyclic amines) is 1. The molecule has 2 atom stereocenters. The van der Waals surface area contributed by atoms with Crippen LogP contribution in [0.2, 0.25) is 0 Å². The van der Waals surface area contributed by atoms with Gasteiger partial charge in [0.1, 0.15) is 11.6 Å². The van der Waals surface area contributed by atoms with E-state index in [0.29, 0.717) is 6.08 Å². The number of nitrogens with zero attached hydrogens (tertiary/aromatic N) is 1. The van der Waals surface area contributed by atoms with Gasteiger partial charge in [-0.1, -0.05) is 6.07 Å². The van der Waals surface area contributed by atoms with Gasteiger partial charge in [0.05, 0.1) is 5.69 Å². The van der Waals surface area contributed by atoms with Gasteiger partial charge in [0, 0.05) is 32.3 Å². The molecule has 152 valence electrons. The van der Waals surface area contributed by atoms with Crippen molar-refractivity contribution in [3.05, 3.63) is 41.6 Å². The van der Waals surface area contributed by atoms with E-state index < -0.39 is 58.6 Å². The summed E-state index contributed by atoms with van der Waals surface area (Å²) < 4.78 is 65.7. The third kappa shape index (κ3) is 4.29. The number of anilines is 1. The first kappa shape index (κ1) is 21.3. The van der Waals surface area contributed by atoms with Crippen LogP contribution in [0.5, 0.6) is 0 Å². The molecule has 1 aromatic rings. The van der Waals surface area contributed by atoms with Crippen molar-refractivity contribution in [3.63, 3.8) is 0 Å². The summed E-state index contributed by atoms with van der Waals surface area (Å²) in [7, 11) is 2.35. The molecule has 6 nitrogen and oxygen atoms in total. The average Bonchev–Trinajstić information content (AvgIpc) is 2.90. The molecule has 1 aliphatic rings. The van der Waals surface area contributed by atoms with E-state index in [1.807, 2.05) is 5.32 Å². The predicted molar refractivity (Wildman–Crippen MR) is 90.5 cm³/mol. The van der Waals surface area contributed by atoms with Crippen molar-refractivity contribution >= 4 is 23.2 Å². The Bertz CT molecular complexity index is 837. The van der Waals surface area contributed by atoms with Crippen LogP contribution in [0.1, 0.15) is 0 Å². The maximum Gasteiger partial charge on any atom is 0.430 e. The summed E-state index contributed by atoms with van der Waals surface area (Å²) in [6.07, 6.45) is -4.25. The lowest BCUT2D eigenvalue weighted by Crippen LogP contribution is -2.36. The predicted octanol–water partition coefficient (Wildman–Crippen LogP) is 2.29. The van der Waals surface area contributed by atoms with Gasteiger partial charge in [-0.15, -0.1) is 0 Å². The van der Waals surface area contributed by atoms with Crippen LogP contribution in [0.3, 0.4) is 0 Å². The Balaban J connectivity index is 2.31. The molecule has 0 aromatic heterocycles. The van der Waals surface area contributed by atoms with Gasteiger partial charge in [-0.05, 0) is 18.2 Å². The minimum absolute atomic E-state index is 0.174. The Morgan fingerprint density at radius 1 is 1.32 bits per heavy atom. The molecular formula is C17H17F5N4O2. The largest absolute Gasteiger partial charge is 0.430 e. The number of hydrogen-bond donors (Lipinski definition) is 3. The minimum Gasteiger partial charge on any atom is -0.384 e. The number of nitrogens with one attached hydrogen (secondary N) is 3. The van der Waals surface area contributed by atoms with E-state index in [0.717, 1.165) is 30.1 Å². The van der Waals surface area contributed by atoms with Gasteiger partial charge in [0.15, 0.2) is 11.6 Å². The van der Waals surface area contributed by atoms with Gasteiger partial charge in [0.25, 0.3) is 0 Å². The molecule has 0 bridgehead atoms. The molecule has 1 saturated heterocycles. The van der Waals surface area contributed by atoms with Crippen LogP contribution >= 0.6 is 0 Å². The fraction of sp³-hybridized carbons (Fsp3) is 0.353. The maximum atomic E-state index is 13.8. The number of amides is 2. The first-order valence-electron chi connectivity index (χ1n) is 8.02. The third-order valence-corrected chi connectivity index (χ3v) is 4.28. The lowest BCUT2D eigenvalue weighted by Gasteiger charge is -2.18. The maximum absolute atomic E-state index is 13.8. The molecule has 0 aliphatic carbocycles. The van der Waals surface area contributed by atoms with Gasteiger partial charge in [-0.2, -0.15) is 13.2 Å². The second kappa shape index (κ2) is 7.95. The zero-order valence-electron chi connectivity index (χ0n) is 14.8. The number of carbonyl (C=O) groups is 2. The summed E-state index contributed by atoms with van der Waals surface area (Å²) in [4.78, 5) is 25.9. The summed E-state index contributed by atoms with van der Waals surface area (Å²) in [6, 6.07) is 3.04. The number of allylic oxidation sites excluding steroid dienone is 2. The lowest BCUT2D eigenvalue weighted by atomic mass is 9.89. The van der Waals surface area contributed by atoms with Gasteiger partial charge in [-0.25, -0.2) is 8.78 Å². The molecular weight excluding hydrogens is 387 g/mol. The van der Waals surface area contributed by atoms with Gasteiger partial charge < -0.3 is 20.9 Å². The lowest BCUT2D eigenvalue weighted by molar-refractivity contribution is -0.135. The summed E-state index contributed by atoms with van der Waals surface area (Å²) in [6.45, 7) is -0.174. The third-order valence-electron chi connectivity index (χ3n) is 4.28. The number of rotatable bonds is 5. The van der Waals surface area contributed by atoms with Gasteiger partial charge in [0.2, 0.25) is 11.8 Å². The minimum atomic E-state index is -4.75. The molecule has 1 aliphatic heterocycles. The quantitative estimate of drug-likeness (QED) is 0.400. The molecule has 1 aromatic carbocycles. The van der Waals surface area contributed by atoms with E-state index in [2.05, 4.69) is 5.32 Å². The highest BCUT2D eigenvalue weighted by Gasteiger charge is 2.46. The smallest absolute Gasteiger partial charge is 0.384 e. The van der Waals surface area contributed by atoms with Crippen molar-refractivity contribution in [3.8, 4) is 0 Å². The Morgan fingerprint density at radius 2 is 1.96 bits per heavy atom. The van der Waals surface area contributed by atoms with Crippen molar-refractivity contribution in [2.75, 3.05) is 26.0 Å². The SMILES string of the molecule is CN/C(=C\C(=N)[C@H]1CN(C)C(=O)[C@@H]1C(=O)Nc1cccc(F)c1F)C(F)(F)F. The zero-order valence-corrected chi connectivity index (χ0v) is 14.8. The molecule has 28 heavy (non-hydrogen) atoms. The van der Waals surface area contributed by atoms with Gasteiger partial charge in [-0.3, -0.25) is 9.59 Å². The molecule has 0 unspecified atom stereocenters. The molecule has 0 radical (unpaired) electrons. The fourth-order valence-electron chi connectivity index (χ4n) is 2.84. The summed E-state index contributed by atoms with van der Waals surface area (Å²) in [5.41, 5.74) is -2.33. The van der Waals surface area contributed by atoms with Crippen LogP contribution in [0.15, 0.2) is 30.0 Å². The van der Waals surface area contributed by atoms with Crippen molar-refractivity contribution in [2.45, 2.75) is 6.18 Å². The molecule has 0 saturated carbocycles. The Labute approximate surface area is 156 Å². The van der Waals surface area contributed by atoms with E-state index in [4.69, 9.17) is 5.41 Å². The molecule has 1 heterocycles. The fourth-order valence-corrected chi connectivity index (χ4v) is 2.84. The normalized spacial score (nSPS) is 20.3.